The summed E-state index contributed by atoms with van der Waals surface area (Å²) in [5.74, 6) is -0.584. The van der Waals surface area contributed by atoms with Crippen LogP contribution in [0.5, 0.6) is 5.75 Å². The van der Waals surface area contributed by atoms with E-state index in [-0.39, 0.29) is 12.2 Å². The number of esters is 1. The van der Waals surface area contributed by atoms with Crippen molar-refractivity contribution in [3.05, 3.63) is 54.1 Å². The second kappa shape index (κ2) is 6.42. The van der Waals surface area contributed by atoms with Gasteiger partial charge in [0.1, 0.15) is 18.0 Å². The molecule has 1 heterocycles. The van der Waals surface area contributed by atoms with Gasteiger partial charge in [-0.1, -0.05) is 17.7 Å². The van der Waals surface area contributed by atoms with Crippen LogP contribution >= 0.6 is 0 Å². The van der Waals surface area contributed by atoms with Crippen LogP contribution in [0.15, 0.2) is 42.9 Å². The Balaban J connectivity index is 1.83. The number of carbonyl (C=O) groups is 2. The average molecular weight is 271 g/mol. The van der Waals surface area contributed by atoms with Crippen LogP contribution in [0.25, 0.3) is 0 Å². The summed E-state index contributed by atoms with van der Waals surface area (Å²) in [7, 11) is 0. The number of aryl methyl sites for hydroxylation is 1. The van der Waals surface area contributed by atoms with Gasteiger partial charge in [0.15, 0.2) is 0 Å². The van der Waals surface area contributed by atoms with Crippen molar-refractivity contribution >= 4 is 11.9 Å². The number of hydrogen-bond acceptors (Lipinski definition) is 5. The number of aromatic nitrogens is 2. The van der Waals surface area contributed by atoms with Crippen molar-refractivity contribution in [2.45, 2.75) is 6.92 Å². The third-order valence-corrected chi connectivity index (χ3v) is 2.44. The normalized spacial score (nSPS) is 9.85. The minimum absolute atomic E-state index is 0.149. The molecule has 6 heteroatoms. The maximum Gasteiger partial charge on any atom is 0.330 e. The molecule has 0 aliphatic rings. The minimum Gasteiger partial charge on any atom is -0.425 e. The van der Waals surface area contributed by atoms with E-state index in [1.54, 1.807) is 12.1 Å². The van der Waals surface area contributed by atoms with Crippen molar-refractivity contribution in [1.29, 1.82) is 0 Å². The van der Waals surface area contributed by atoms with E-state index in [0.29, 0.717) is 5.75 Å². The zero-order valence-electron chi connectivity index (χ0n) is 10.9. The quantitative estimate of drug-likeness (QED) is 0.665. The molecule has 0 aliphatic heterocycles. The molecule has 0 atom stereocenters. The van der Waals surface area contributed by atoms with Crippen LogP contribution in [0, 0.1) is 6.92 Å². The molecule has 1 amide bonds. The van der Waals surface area contributed by atoms with E-state index in [1.807, 2.05) is 19.1 Å². The maximum absolute atomic E-state index is 11.6. The summed E-state index contributed by atoms with van der Waals surface area (Å²) in [5.41, 5.74) is 1.22. The first kappa shape index (κ1) is 13.7. The first-order valence-electron chi connectivity index (χ1n) is 5.97. The first-order chi connectivity index (χ1) is 9.65. The number of carbonyl (C=O) groups excluding carboxylic acids is 2. The number of ether oxygens (including phenoxy) is 1. The van der Waals surface area contributed by atoms with Gasteiger partial charge in [0, 0.05) is 12.4 Å². The smallest absolute Gasteiger partial charge is 0.330 e. The molecule has 1 aromatic carbocycles. The first-order valence-corrected chi connectivity index (χ1v) is 5.97. The van der Waals surface area contributed by atoms with Crippen molar-refractivity contribution < 1.29 is 14.3 Å². The molecule has 0 radical (unpaired) electrons. The summed E-state index contributed by atoms with van der Waals surface area (Å²) in [5, 5.41) is 2.41. The van der Waals surface area contributed by atoms with E-state index >= 15 is 0 Å². The molecule has 0 aliphatic carbocycles. The Bertz CT molecular complexity index is 597. The van der Waals surface area contributed by atoms with Crippen molar-refractivity contribution in [3.63, 3.8) is 0 Å². The zero-order valence-corrected chi connectivity index (χ0v) is 10.9. The number of rotatable bonds is 4. The Morgan fingerprint density at radius 2 is 1.95 bits per heavy atom. The van der Waals surface area contributed by atoms with Crippen LogP contribution < -0.4 is 10.1 Å². The van der Waals surface area contributed by atoms with Gasteiger partial charge in [-0.2, -0.15) is 0 Å². The summed E-state index contributed by atoms with van der Waals surface area (Å²) in [6.07, 6.45) is 4.18. The van der Waals surface area contributed by atoms with Crippen LogP contribution in [0.1, 0.15) is 16.1 Å². The van der Waals surface area contributed by atoms with E-state index in [4.69, 9.17) is 4.74 Å². The van der Waals surface area contributed by atoms with Gasteiger partial charge < -0.3 is 10.1 Å². The number of nitrogens with zero attached hydrogens (tertiary/aromatic N) is 2. The molecular formula is C14H13N3O3. The van der Waals surface area contributed by atoms with E-state index in [9.17, 15) is 9.59 Å². The van der Waals surface area contributed by atoms with Crippen molar-refractivity contribution in [1.82, 2.24) is 15.3 Å². The lowest BCUT2D eigenvalue weighted by molar-refractivity contribution is -0.133. The molecule has 1 N–H and O–H groups in total. The molecule has 20 heavy (non-hydrogen) atoms. The molecular weight excluding hydrogens is 258 g/mol. The van der Waals surface area contributed by atoms with Gasteiger partial charge in [0.05, 0.1) is 6.20 Å². The summed E-state index contributed by atoms with van der Waals surface area (Å²) in [4.78, 5) is 30.8. The molecule has 1 aromatic heterocycles. The highest BCUT2D eigenvalue weighted by Gasteiger charge is 2.10. The molecule has 0 spiro atoms. The van der Waals surface area contributed by atoms with E-state index < -0.39 is 11.9 Å². The van der Waals surface area contributed by atoms with Crippen LogP contribution in [0.2, 0.25) is 0 Å². The predicted octanol–water partition coefficient (Wildman–Crippen LogP) is 1.12. The van der Waals surface area contributed by atoms with Crippen LogP contribution in [0.3, 0.4) is 0 Å². The molecule has 0 fully saturated rings. The molecule has 0 unspecified atom stereocenters. The summed E-state index contributed by atoms with van der Waals surface area (Å²) in [6, 6.07) is 7.05. The average Bonchev–Trinajstić information content (AvgIpc) is 2.48. The van der Waals surface area contributed by atoms with Crippen LogP contribution in [-0.4, -0.2) is 28.4 Å². The Morgan fingerprint density at radius 3 is 2.60 bits per heavy atom. The van der Waals surface area contributed by atoms with E-state index in [0.717, 1.165) is 5.56 Å². The third kappa shape index (κ3) is 3.88. The maximum atomic E-state index is 11.6. The lowest BCUT2D eigenvalue weighted by atomic mass is 10.2. The van der Waals surface area contributed by atoms with Crippen LogP contribution in [0.4, 0.5) is 0 Å². The van der Waals surface area contributed by atoms with Crippen LogP contribution in [-0.2, 0) is 4.79 Å². The van der Waals surface area contributed by atoms with Gasteiger partial charge in [-0.15, -0.1) is 0 Å². The van der Waals surface area contributed by atoms with E-state index in [2.05, 4.69) is 15.3 Å². The Kier molecular flexibility index (Phi) is 4.39. The highest BCUT2D eigenvalue weighted by atomic mass is 16.5. The van der Waals surface area contributed by atoms with E-state index in [1.165, 1.54) is 18.6 Å². The summed E-state index contributed by atoms with van der Waals surface area (Å²) < 4.78 is 5.07. The molecule has 0 bridgehead atoms. The Morgan fingerprint density at radius 1 is 1.20 bits per heavy atom. The standard InChI is InChI=1S/C14H13N3O3/c1-10-2-4-11(5-3-10)20-13(18)9-17-14(19)12-8-15-6-7-16-12/h2-8H,9H2,1H3,(H,17,19). The van der Waals surface area contributed by atoms with Gasteiger partial charge in [-0.25, -0.2) is 9.78 Å². The highest BCUT2D eigenvalue weighted by molar-refractivity contribution is 5.94. The summed E-state index contributed by atoms with van der Waals surface area (Å²) >= 11 is 0. The number of nitrogens with one attached hydrogen (secondary N) is 1. The molecule has 2 aromatic rings. The predicted molar refractivity (Wildman–Crippen MR) is 71.2 cm³/mol. The number of benzene rings is 1. The van der Waals surface area contributed by atoms with Gasteiger partial charge in [0.2, 0.25) is 0 Å². The minimum atomic E-state index is -0.550. The van der Waals surface area contributed by atoms with Gasteiger partial charge in [0.25, 0.3) is 5.91 Å². The Hall–Kier alpha value is -2.76. The zero-order chi connectivity index (χ0) is 14.4. The molecule has 0 saturated carbocycles. The van der Waals surface area contributed by atoms with Crippen molar-refractivity contribution in [2.24, 2.45) is 0 Å². The second-order valence-corrected chi connectivity index (χ2v) is 4.06. The Labute approximate surface area is 115 Å². The van der Waals surface area contributed by atoms with Gasteiger partial charge >= 0.3 is 5.97 Å². The fourth-order valence-corrected chi connectivity index (χ4v) is 1.43. The highest BCUT2D eigenvalue weighted by Crippen LogP contribution is 2.11. The lowest BCUT2D eigenvalue weighted by Crippen LogP contribution is -2.32. The number of amides is 1. The van der Waals surface area contributed by atoms with Crippen molar-refractivity contribution in [3.8, 4) is 5.75 Å². The molecule has 102 valence electrons. The number of hydrogen-bond donors (Lipinski definition) is 1. The second-order valence-electron chi connectivity index (χ2n) is 4.06. The van der Waals surface area contributed by atoms with Gasteiger partial charge in [-0.3, -0.25) is 9.78 Å². The van der Waals surface area contributed by atoms with Crippen molar-refractivity contribution in [2.75, 3.05) is 6.54 Å². The third-order valence-electron chi connectivity index (χ3n) is 2.44. The molecule has 2 rings (SSSR count). The van der Waals surface area contributed by atoms with Gasteiger partial charge in [-0.05, 0) is 19.1 Å². The SMILES string of the molecule is Cc1ccc(OC(=O)CNC(=O)c2cnccn2)cc1. The molecule has 6 nitrogen and oxygen atoms in total. The lowest BCUT2D eigenvalue weighted by Gasteiger charge is -2.05. The fraction of sp³-hybridized carbons (Fsp3) is 0.143. The monoisotopic (exact) mass is 271 g/mol. The summed E-state index contributed by atoms with van der Waals surface area (Å²) in [6.45, 7) is 1.70. The largest absolute Gasteiger partial charge is 0.425 e. The molecule has 0 saturated heterocycles. The topological polar surface area (TPSA) is 81.2 Å². The fourth-order valence-electron chi connectivity index (χ4n) is 1.43.